The van der Waals surface area contributed by atoms with Crippen LogP contribution in [0.3, 0.4) is 0 Å². The van der Waals surface area contributed by atoms with Crippen LogP contribution in [0.1, 0.15) is 40.1 Å². The second-order valence-corrected chi connectivity index (χ2v) is 5.53. The van der Waals surface area contributed by atoms with Gasteiger partial charge < -0.3 is 9.88 Å². The summed E-state index contributed by atoms with van der Waals surface area (Å²) < 4.78 is 0. The number of imidazole rings is 1. The number of nitrogens with one attached hydrogen (secondary N) is 1. The fraction of sp³-hybridized carbons (Fsp3) is 0.385. The number of hydrogen-bond acceptors (Lipinski definition) is 3. The number of H-pyrrole nitrogens is 1. The van der Waals surface area contributed by atoms with Crippen LogP contribution in [-0.4, -0.2) is 27.3 Å². The van der Waals surface area contributed by atoms with Gasteiger partial charge in [0.05, 0.1) is 10.9 Å². The van der Waals surface area contributed by atoms with E-state index in [0.29, 0.717) is 0 Å². The first-order chi connectivity index (χ1) is 8.75. The summed E-state index contributed by atoms with van der Waals surface area (Å²) >= 11 is 1.50. The van der Waals surface area contributed by atoms with Crippen LogP contribution in [0, 0.1) is 6.92 Å². The Morgan fingerprint density at radius 2 is 2.50 bits per heavy atom. The second kappa shape index (κ2) is 4.57. The van der Waals surface area contributed by atoms with E-state index < -0.39 is 0 Å². The average molecular weight is 261 g/mol. The zero-order chi connectivity index (χ0) is 12.5. The molecular formula is C13H15N3OS. The molecule has 3 rings (SSSR count). The topological polar surface area (TPSA) is 49.0 Å². The molecular weight excluding hydrogens is 246 g/mol. The highest BCUT2D eigenvalue weighted by molar-refractivity contribution is 7.12. The Morgan fingerprint density at radius 3 is 3.17 bits per heavy atom. The van der Waals surface area contributed by atoms with Crippen LogP contribution in [0.2, 0.25) is 0 Å². The fourth-order valence-electron chi connectivity index (χ4n) is 2.44. The Balaban J connectivity index is 1.85. The molecule has 1 amide bonds. The number of carbonyl (C=O) groups is 1. The van der Waals surface area contributed by atoms with E-state index in [4.69, 9.17) is 0 Å². The highest BCUT2D eigenvalue weighted by Gasteiger charge is 2.32. The molecule has 1 aliphatic heterocycles. The molecule has 1 N–H and O–H groups in total. The molecule has 3 heterocycles. The predicted molar refractivity (Wildman–Crippen MR) is 70.7 cm³/mol. The van der Waals surface area contributed by atoms with Crippen molar-refractivity contribution in [2.75, 3.05) is 6.54 Å². The van der Waals surface area contributed by atoms with Gasteiger partial charge in [0.25, 0.3) is 5.91 Å². The maximum Gasteiger partial charge on any atom is 0.264 e. The first-order valence-corrected chi connectivity index (χ1v) is 6.99. The molecule has 1 aliphatic rings. The van der Waals surface area contributed by atoms with Crippen LogP contribution in [0.4, 0.5) is 0 Å². The van der Waals surface area contributed by atoms with E-state index in [9.17, 15) is 4.79 Å². The van der Waals surface area contributed by atoms with E-state index >= 15 is 0 Å². The standard InChI is InChI=1S/C13H15N3OS/c1-9-8-14-12(15-9)10-4-2-6-16(10)13(17)11-5-3-7-18-11/h3,5,7-8,10H,2,4,6H2,1H3,(H,14,15)/t10-/m0/s1. The Labute approximate surface area is 110 Å². The van der Waals surface area contributed by atoms with Gasteiger partial charge in [-0.1, -0.05) is 6.07 Å². The molecule has 4 nitrogen and oxygen atoms in total. The third-order valence-corrected chi connectivity index (χ3v) is 4.14. The minimum Gasteiger partial charge on any atom is -0.344 e. The summed E-state index contributed by atoms with van der Waals surface area (Å²) in [6.07, 6.45) is 3.85. The lowest BCUT2D eigenvalue weighted by molar-refractivity contribution is 0.0735. The lowest BCUT2D eigenvalue weighted by atomic mass is 10.2. The second-order valence-electron chi connectivity index (χ2n) is 4.59. The van der Waals surface area contributed by atoms with Crippen LogP contribution >= 0.6 is 11.3 Å². The van der Waals surface area contributed by atoms with Crippen molar-refractivity contribution in [2.24, 2.45) is 0 Å². The van der Waals surface area contributed by atoms with E-state index in [1.807, 2.05) is 35.5 Å². The van der Waals surface area contributed by atoms with Crippen molar-refractivity contribution in [3.05, 3.63) is 40.1 Å². The van der Waals surface area contributed by atoms with Gasteiger partial charge in [0, 0.05) is 18.4 Å². The largest absolute Gasteiger partial charge is 0.344 e. The summed E-state index contributed by atoms with van der Waals surface area (Å²) in [6.45, 7) is 2.80. The van der Waals surface area contributed by atoms with Crippen LogP contribution < -0.4 is 0 Å². The fourth-order valence-corrected chi connectivity index (χ4v) is 3.12. The lowest BCUT2D eigenvalue weighted by Crippen LogP contribution is -2.30. The number of rotatable bonds is 2. The van der Waals surface area contributed by atoms with Crippen LogP contribution in [0.25, 0.3) is 0 Å². The zero-order valence-electron chi connectivity index (χ0n) is 10.2. The van der Waals surface area contributed by atoms with E-state index in [-0.39, 0.29) is 11.9 Å². The van der Waals surface area contributed by atoms with Gasteiger partial charge in [0.2, 0.25) is 0 Å². The van der Waals surface area contributed by atoms with Gasteiger partial charge in [0.1, 0.15) is 5.82 Å². The number of thiophene rings is 1. The first-order valence-electron chi connectivity index (χ1n) is 6.11. The zero-order valence-corrected chi connectivity index (χ0v) is 11.0. The summed E-state index contributed by atoms with van der Waals surface area (Å²) in [7, 11) is 0. The number of nitrogens with zero attached hydrogens (tertiary/aromatic N) is 2. The summed E-state index contributed by atoms with van der Waals surface area (Å²) in [5.74, 6) is 1.04. The van der Waals surface area contributed by atoms with E-state index in [2.05, 4.69) is 9.97 Å². The van der Waals surface area contributed by atoms with Gasteiger partial charge in [-0.3, -0.25) is 4.79 Å². The number of amides is 1. The molecule has 0 spiro atoms. The maximum absolute atomic E-state index is 12.4. The monoisotopic (exact) mass is 261 g/mol. The van der Waals surface area contributed by atoms with Gasteiger partial charge in [-0.15, -0.1) is 11.3 Å². The van der Waals surface area contributed by atoms with Crippen molar-refractivity contribution in [1.82, 2.24) is 14.9 Å². The molecule has 18 heavy (non-hydrogen) atoms. The Kier molecular flexibility index (Phi) is 2.91. The number of hydrogen-bond donors (Lipinski definition) is 1. The Bertz CT molecular complexity index is 546. The highest BCUT2D eigenvalue weighted by Crippen LogP contribution is 2.32. The van der Waals surface area contributed by atoms with Crippen molar-refractivity contribution < 1.29 is 4.79 Å². The van der Waals surface area contributed by atoms with Crippen molar-refractivity contribution in [2.45, 2.75) is 25.8 Å². The third kappa shape index (κ3) is 1.95. The highest BCUT2D eigenvalue weighted by atomic mass is 32.1. The average Bonchev–Trinajstić information content (AvgIpc) is 3.09. The summed E-state index contributed by atoms with van der Waals surface area (Å²) in [5.41, 5.74) is 1.04. The Morgan fingerprint density at radius 1 is 1.61 bits per heavy atom. The van der Waals surface area contributed by atoms with Gasteiger partial charge >= 0.3 is 0 Å². The van der Waals surface area contributed by atoms with Gasteiger partial charge in [-0.25, -0.2) is 4.98 Å². The minimum atomic E-state index is 0.105. The van der Waals surface area contributed by atoms with Crippen molar-refractivity contribution in [1.29, 1.82) is 0 Å². The summed E-state index contributed by atoms with van der Waals surface area (Å²) in [4.78, 5) is 22.8. The third-order valence-electron chi connectivity index (χ3n) is 3.28. The van der Waals surface area contributed by atoms with Gasteiger partial charge in [-0.05, 0) is 31.2 Å². The number of aryl methyl sites for hydroxylation is 1. The molecule has 2 aromatic heterocycles. The summed E-state index contributed by atoms with van der Waals surface area (Å²) in [5, 5.41) is 1.94. The molecule has 1 saturated heterocycles. The van der Waals surface area contributed by atoms with E-state index in [1.54, 1.807) is 0 Å². The van der Waals surface area contributed by atoms with Crippen LogP contribution in [0.15, 0.2) is 23.7 Å². The van der Waals surface area contributed by atoms with E-state index in [1.165, 1.54) is 11.3 Å². The molecule has 0 bridgehead atoms. The molecule has 0 aromatic carbocycles. The van der Waals surface area contributed by atoms with Crippen LogP contribution in [-0.2, 0) is 0 Å². The van der Waals surface area contributed by atoms with Crippen molar-refractivity contribution in [3.8, 4) is 0 Å². The number of aromatic amines is 1. The predicted octanol–water partition coefficient (Wildman–Crippen LogP) is 2.76. The lowest BCUT2D eigenvalue weighted by Gasteiger charge is -2.22. The smallest absolute Gasteiger partial charge is 0.264 e. The number of likely N-dealkylation sites (tertiary alicyclic amines) is 1. The molecule has 0 aliphatic carbocycles. The van der Waals surface area contributed by atoms with Crippen molar-refractivity contribution in [3.63, 3.8) is 0 Å². The first kappa shape index (κ1) is 11.5. The molecule has 5 heteroatoms. The SMILES string of the molecule is Cc1cnc([C@@H]2CCCN2C(=O)c2cccs2)[nH]1. The van der Waals surface area contributed by atoms with Gasteiger partial charge in [-0.2, -0.15) is 0 Å². The molecule has 1 atom stereocenters. The minimum absolute atomic E-state index is 0.105. The quantitative estimate of drug-likeness (QED) is 0.903. The molecule has 0 saturated carbocycles. The Hall–Kier alpha value is -1.62. The van der Waals surface area contributed by atoms with Crippen molar-refractivity contribution >= 4 is 17.2 Å². The molecule has 0 unspecified atom stereocenters. The summed E-state index contributed by atoms with van der Waals surface area (Å²) in [6, 6.07) is 3.91. The maximum atomic E-state index is 12.4. The molecule has 0 radical (unpaired) electrons. The molecule has 1 fully saturated rings. The molecule has 2 aromatic rings. The molecule has 94 valence electrons. The normalized spacial score (nSPS) is 19.4. The number of aromatic nitrogens is 2. The van der Waals surface area contributed by atoms with Gasteiger partial charge in [0.15, 0.2) is 0 Å². The number of carbonyl (C=O) groups excluding carboxylic acids is 1. The van der Waals surface area contributed by atoms with E-state index in [0.717, 1.165) is 35.8 Å². The van der Waals surface area contributed by atoms with Crippen LogP contribution in [0.5, 0.6) is 0 Å².